The average Bonchev–Trinajstić information content (AvgIpc) is 2.92. The van der Waals surface area contributed by atoms with Crippen molar-refractivity contribution in [2.45, 2.75) is 25.9 Å². The summed E-state index contributed by atoms with van der Waals surface area (Å²) in [7, 11) is 1.71. The quantitative estimate of drug-likeness (QED) is 0.908. The van der Waals surface area contributed by atoms with Gasteiger partial charge in [0.15, 0.2) is 0 Å². The summed E-state index contributed by atoms with van der Waals surface area (Å²) in [6.07, 6.45) is 1.30. The highest BCUT2D eigenvalue weighted by Gasteiger charge is 2.31. The van der Waals surface area contributed by atoms with Gasteiger partial charge in [0.25, 0.3) is 0 Å². The molecule has 2 atom stereocenters. The summed E-state index contributed by atoms with van der Waals surface area (Å²) in [5.41, 5.74) is 1.21. The molecule has 15 heavy (non-hydrogen) atoms. The Morgan fingerprint density at radius 2 is 2.27 bits per heavy atom. The molecule has 3 heteroatoms. The van der Waals surface area contributed by atoms with Crippen molar-refractivity contribution in [3.63, 3.8) is 0 Å². The van der Waals surface area contributed by atoms with Crippen molar-refractivity contribution < 1.29 is 4.74 Å². The number of hydrogen-bond donors (Lipinski definition) is 1. The minimum absolute atomic E-state index is 0.702. The van der Waals surface area contributed by atoms with Crippen LogP contribution in [0.1, 0.15) is 18.9 Å². The normalized spacial score (nSPS) is 23.9. The topological polar surface area (TPSA) is 21.3 Å². The Morgan fingerprint density at radius 3 is 2.87 bits per heavy atom. The fraction of sp³-hybridized carbons (Fsp3) is 0.500. The van der Waals surface area contributed by atoms with Crippen LogP contribution in [-0.2, 0) is 6.54 Å². The number of halogens is 1. The van der Waals surface area contributed by atoms with E-state index in [1.807, 2.05) is 12.1 Å². The molecule has 0 saturated heterocycles. The van der Waals surface area contributed by atoms with Crippen molar-refractivity contribution >= 4 is 15.9 Å². The van der Waals surface area contributed by atoms with E-state index in [1.165, 1.54) is 12.0 Å². The minimum Gasteiger partial charge on any atom is -0.496 e. The van der Waals surface area contributed by atoms with Gasteiger partial charge in [-0.1, -0.05) is 22.9 Å². The summed E-state index contributed by atoms with van der Waals surface area (Å²) < 4.78 is 6.42. The standard InChI is InChI=1S/C12H16BrNO/c1-8-5-11(8)14-7-9-6-10(13)3-4-12(9)15-2/h3-4,6,8,11,14H,5,7H2,1-2H3. The lowest BCUT2D eigenvalue weighted by atomic mass is 10.2. The maximum absolute atomic E-state index is 5.32. The summed E-state index contributed by atoms with van der Waals surface area (Å²) in [4.78, 5) is 0. The molecule has 1 N–H and O–H groups in total. The van der Waals surface area contributed by atoms with Crippen molar-refractivity contribution in [2.75, 3.05) is 7.11 Å². The van der Waals surface area contributed by atoms with E-state index in [4.69, 9.17) is 4.74 Å². The molecule has 1 aromatic carbocycles. The number of ether oxygens (including phenoxy) is 1. The Balaban J connectivity index is 2.01. The fourth-order valence-electron chi connectivity index (χ4n) is 1.73. The SMILES string of the molecule is COc1ccc(Br)cc1CNC1CC1C. The first-order chi connectivity index (χ1) is 7.20. The van der Waals surface area contributed by atoms with Crippen LogP contribution in [0.15, 0.2) is 22.7 Å². The van der Waals surface area contributed by atoms with Crippen molar-refractivity contribution in [1.29, 1.82) is 0 Å². The summed E-state index contributed by atoms with van der Waals surface area (Å²) >= 11 is 3.48. The van der Waals surface area contributed by atoms with Gasteiger partial charge in [0, 0.05) is 22.6 Å². The Bertz CT molecular complexity index is 353. The van der Waals surface area contributed by atoms with Crippen LogP contribution in [0.25, 0.3) is 0 Å². The molecule has 0 aliphatic heterocycles. The second kappa shape index (κ2) is 4.54. The molecule has 0 bridgehead atoms. The first-order valence-corrected chi connectivity index (χ1v) is 6.06. The molecule has 1 aromatic rings. The smallest absolute Gasteiger partial charge is 0.123 e. The van der Waals surface area contributed by atoms with Gasteiger partial charge in [0.05, 0.1) is 7.11 Å². The van der Waals surface area contributed by atoms with E-state index < -0.39 is 0 Å². The van der Waals surface area contributed by atoms with Crippen LogP contribution >= 0.6 is 15.9 Å². The fourth-order valence-corrected chi connectivity index (χ4v) is 2.14. The van der Waals surface area contributed by atoms with E-state index in [-0.39, 0.29) is 0 Å². The molecule has 0 amide bonds. The lowest BCUT2D eigenvalue weighted by Crippen LogP contribution is -2.17. The van der Waals surface area contributed by atoms with Crippen molar-refractivity contribution in [2.24, 2.45) is 5.92 Å². The summed E-state index contributed by atoms with van der Waals surface area (Å²) in [5, 5.41) is 3.52. The van der Waals surface area contributed by atoms with Gasteiger partial charge >= 0.3 is 0 Å². The highest BCUT2D eigenvalue weighted by molar-refractivity contribution is 9.10. The van der Waals surface area contributed by atoms with Gasteiger partial charge in [-0.05, 0) is 30.5 Å². The van der Waals surface area contributed by atoms with Crippen LogP contribution in [0.4, 0.5) is 0 Å². The van der Waals surface area contributed by atoms with E-state index in [1.54, 1.807) is 7.11 Å². The largest absolute Gasteiger partial charge is 0.496 e. The van der Waals surface area contributed by atoms with E-state index in [0.29, 0.717) is 6.04 Å². The van der Waals surface area contributed by atoms with Gasteiger partial charge in [-0.25, -0.2) is 0 Å². The highest BCUT2D eigenvalue weighted by Crippen LogP contribution is 2.30. The second-order valence-electron chi connectivity index (χ2n) is 4.16. The molecular formula is C12H16BrNO. The van der Waals surface area contributed by atoms with Crippen LogP contribution in [0.2, 0.25) is 0 Å². The number of rotatable bonds is 4. The van der Waals surface area contributed by atoms with Crippen LogP contribution in [0.5, 0.6) is 5.75 Å². The first kappa shape index (κ1) is 11.0. The average molecular weight is 270 g/mol. The van der Waals surface area contributed by atoms with E-state index >= 15 is 0 Å². The maximum atomic E-state index is 5.32. The zero-order valence-electron chi connectivity index (χ0n) is 9.09. The molecule has 1 saturated carbocycles. The third-order valence-electron chi connectivity index (χ3n) is 2.91. The minimum atomic E-state index is 0.702. The molecule has 1 aliphatic rings. The number of benzene rings is 1. The predicted octanol–water partition coefficient (Wildman–Crippen LogP) is 2.96. The summed E-state index contributed by atoms with van der Waals surface area (Å²) in [6, 6.07) is 6.81. The predicted molar refractivity (Wildman–Crippen MR) is 65.1 cm³/mol. The molecule has 2 nitrogen and oxygen atoms in total. The van der Waals surface area contributed by atoms with E-state index in [9.17, 15) is 0 Å². The zero-order valence-corrected chi connectivity index (χ0v) is 10.7. The van der Waals surface area contributed by atoms with Gasteiger partial charge in [-0.2, -0.15) is 0 Å². The van der Waals surface area contributed by atoms with Crippen LogP contribution < -0.4 is 10.1 Å². The molecule has 0 aromatic heterocycles. The molecular weight excluding hydrogens is 254 g/mol. The van der Waals surface area contributed by atoms with E-state index in [0.717, 1.165) is 22.7 Å². The number of nitrogens with one attached hydrogen (secondary N) is 1. The molecule has 1 aliphatic carbocycles. The lowest BCUT2D eigenvalue weighted by molar-refractivity contribution is 0.407. The van der Waals surface area contributed by atoms with Crippen LogP contribution in [-0.4, -0.2) is 13.2 Å². The monoisotopic (exact) mass is 269 g/mol. The molecule has 0 radical (unpaired) electrons. The summed E-state index contributed by atoms with van der Waals surface area (Å²) in [6.45, 7) is 3.16. The molecule has 82 valence electrons. The maximum Gasteiger partial charge on any atom is 0.123 e. The van der Waals surface area contributed by atoms with E-state index in [2.05, 4.69) is 34.2 Å². The van der Waals surface area contributed by atoms with Gasteiger partial charge < -0.3 is 10.1 Å². The molecule has 0 spiro atoms. The van der Waals surface area contributed by atoms with Gasteiger partial charge in [-0.3, -0.25) is 0 Å². The van der Waals surface area contributed by atoms with Gasteiger partial charge in [0.1, 0.15) is 5.75 Å². The third-order valence-corrected chi connectivity index (χ3v) is 3.40. The molecule has 2 rings (SSSR count). The van der Waals surface area contributed by atoms with Crippen LogP contribution in [0, 0.1) is 5.92 Å². The van der Waals surface area contributed by atoms with Crippen molar-refractivity contribution in [1.82, 2.24) is 5.32 Å². The Kier molecular flexibility index (Phi) is 3.32. The Hall–Kier alpha value is -0.540. The second-order valence-corrected chi connectivity index (χ2v) is 5.07. The van der Waals surface area contributed by atoms with Gasteiger partial charge in [-0.15, -0.1) is 0 Å². The number of methoxy groups -OCH3 is 1. The van der Waals surface area contributed by atoms with Gasteiger partial charge in [0.2, 0.25) is 0 Å². The van der Waals surface area contributed by atoms with Crippen molar-refractivity contribution in [3.05, 3.63) is 28.2 Å². The number of hydrogen-bond acceptors (Lipinski definition) is 2. The van der Waals surface area contributed by atoms with Crippen LogP contribution in [0.3, 0.4) is 0 Å². The first-order valence-electron chi connectivity index (χ1n) is 5.26. The molecule has 2 unspecified atom stereocenters. The highest BCUT2D eigenvalue weighted by atomic mass is 79.9. The third kappa shape index (κ3) is 2.73. The molecule has 0 heterocycles. The summed E-state index contributed by atoms with van der Waals surface area (Å²) in [5.74, 6) is 1.79. The Labute approximate surface area is 99.1 Å². The lowest BCUT2D eigenvalue weighted by Gasteiger charge is -2.09. The zero-order chi connectivity index (χ0) is 10.8. The molecule has 1 fully saturated rings. The Morgan fingerprint density at radius 1 is 1.53 bits per heavy atom. The van der Waals surface area contributed by atoms with Crippen molar-refractivity contribution in [3.8, 4) is 5.75 Å².